The molecule has 0 aliphatic rings. The van der Waals surface area contributed by atoms with Crippen LogP contribution in [0.2, 0.25) is 0 Å². The summed E-state index contributed by atoms with van der Waals surface area (Å²) in [4.78, 5) is 4.10. The Hall–Kier alpha value is -0.940. The summed E-state index contributed by atoms with van der Waals surface area (Å²) in [5.74, 6) is 0.167. The molecule has 0 radical (unpaired) electrons. The van der Waals surface area contributed by atoms with Gasteiger partial charge >= 0.3 is 0 Å². The van der Waals surface area contributed by atoms with Crippen LogP contribution in [0.1, 0.15) is 5.69 Å². The van der Waals surface area contributed by atoms with Gasteiger partial charge in [-0.1, -0.05) is 6.07 Å². The van der Waals surface area contributed by atoms with Crippen molar-refractivity contribution in [2.75, 3.05) is 18.6 Å². The summed E-state index contributed by atoms with van der Waals surface area (Å²) < 4.78 is 21.6. The Morgan fingerprint density at radius 2 is 2.21 bits per heavy atom. The molecule has 0 saturated heterocycles. The van der Waals surface area contributed by atoms with E-state index in [0.29, 0.717) is 13.1 Å². The smallest absolute Gasteiger partial charge is 0.148 e. The van der Waals surface area contributed by atoms with Gasteiger partial charge in [0.15, 0.2) is 0 Å². The predicted octanol–water partition coefficient (Wildman–Crippen LogP) is 0.216. The molecule has 0 aliphatic heterocycles. The number of nitrogens with one attached hydrogen (secondary N) is 1. The van der Waals surface area contributed by atoms with Gasteiger partial charge in [-0.2, -0.15) is 0 Å². The van der Waals surface area contributed by atoms with Crippen molar-refractivity contribution >= 4 is 9.84 Å². The number of sulfone groups is 1. The molecule has 0 bridgehead atoms. The third kappa shape index (κ3) is 4.94. The third-order valence-corrected chi connectivity index (χ3v) is 2.63. The fraction of sp³-hybridized carbons (Fsp3) is 0.444. The van der Waals surface area contributed by atoms with E-state index in [9.17, 15) is 8.42 Å². The van der Waals surface area contributed by atoms with Crippen LogP contribution in [0.5, 0.6) is 0 Å². The quantitative estimate of drug-likeness (QED) is 0.712. The first kappa shape index (κ1) is 11.1. The minimum absolute atomic E-state index is 0.167. The summed E-state index contributed by atoms with van der Waals surface area (Å²) >= 11 is 0. The van der Waals surface area contributed by atoms with Crippen molar-refractivity contribution in [2.45, 2.75) is 6.54 Å². The number of rotatable bonds is 5. The maximum Gasteiger partial charge on any atom is 0.148 e. The number of nitrogens with zero attached hydrogens (tertiary/aromatic N) is 1. The molecule has 0 spiro atoms. The Morgan fingerprint density at radius 3 is 2.79 bits per heavy atom. The molecular weight excluding hydrogens is 200 g/mol. The van der Waals surface area contributed by atoms with Crippen molar-refractivity contribution < 1.29 is 8.42 Å². The zero-order chi connectivity index (χ0) is 10.4. The van der Waals surface area contributed by atoms with E-state index < -0.39 is 9.84 Å². The zero-order valence-electron chi connectivity index (χ0n) is 8.10. The van der Waals surface area contributed by atoms with Crippen LogP contribution in [0.15, 0.2) is 24.4 Å². The highest BCUT2D eigenvalue weighted by molar-refractivity contribution is 7.90. The van der Waals surface area contributed by atoms with E-state index in [2.05, 4.69) is 10.3 Å². The molecule has 0 atom stereocenters. The van der Waals surface area contributed by atoms with Crippen molar-refractivity contribution in [2.24, 2.45) is 0 Å². The minimum atomic E-state index is -2.86. The van der Waals surface area contributed by atoms with E-state index in [1.165, 1.54) is 6.26 Å². The summed E-state index contributed by atoms with van der Waals surface area (Å²) in [5.41, 5.74) is 0.918. The number of aromatic nitrogens is 1. The second-order valence-corrected chi connectivity index (χ2v) is 5.39. The topological polar surface area (TPSA) is 59.1 Å². The van der Waals surface area contributed by atoms with E-state index in [1.54, 1.807) is 6.20 Å². The number of hydrogen-bond acceptors (Lipinski definition) is 4. The maximum absolute atomic E-state index is 10.8. The zero-order valence-corrected chi connectivity index (χ0v) is 8.92. The third-order valence-electron chi connectivity index (χ3n) is 1.68. The number of hydrogen-bond donors (Lipinski definition) is 1. The highest BCUT2D eigenvalue weighted by atomic mass is 32.2. The Kier molecular flexibility index (Phi) is 4.03. The molecule has 4 nitrogen and oxygen atoms in total. The van der Waals surface area contributed by atoms with Crippen LogP contribution in [-0.4, -0.2) is 32.0 Å². The summed E-state index contributed by atoms with van der Waals surface area (Å²) in [6.07, 6.45) is 2.95. The van der Waals surface area contributed by atoms with E-state index in [-0.39, 0.29) is 5.75 Å². The minimum Gasteiger partial charge on any atom is -0.310 e. The molecule has 1 N–H and O–H groups in total. The monoisotopic (exact) mass is 214 g/mol. The molecule has 0 amide bonds. The normalized spacial score (nSPS) is 11.5. The molecule has 5 heteroatoms. The first-order chi connectivity index (χ1) is 6.58. The first-order valence-electron chi connectivity index (χ1n) is 4.36. The summed E-state index contributed by atoms with van der Waals surface area (Å²) in [6.45, 7) is 1.08. The molecule has 1 aromatic heterocycles. The lowest BCUT2D eigenvalue weighted by atomic mass is 10.3. The molecule has 0 saturated carbocycles. The predicted molar refractivity (Wildman–Crippen MR) is 55.7 cm³/mol. The molecule has 0 fully saturated rings. The number of pyridine rings is 1. The average Bonchev–Trinajstić information content (AvgIpc) is 2.13. The fourth-order valence-electron chi connectivity index (χ4n) is 0.977. The highest BCUT2D eigenvalue weighted by Crippen LogP contribution is 1.91. The molecule has 78 valence electrons. The Balaban J connectivity index is 2.23. The summed E-state index contributed by atoms with van der Waals surface area (Å²) in [7, 11) is -2.86. The van der Waals surface area contributed by atoms with Crippen molar-refractivity contribution in [3.8, 4) is 0 Å². The molecule has 0 unspecified atom stereocenters. The van der Waals surface area contributed by atoms with Crippen LogP contribution in [-0.2, 0) is 16.4 Å². The Bertz CT molecular complexity index is 362. The average molecular weight is 214 g/mol. The van der Waals surface area contributed by atoms with Crippen LogP contribution in [0.4, 0.5) is 0 Å². The second kappa shape index (κ2) is 5.07. The molecule has 1 heterocycles. The van der Waals surface area contributed by atoms with Crippen LogP contribution in [0.25, 0.3) is 0 Å². The SMILES string of the molecule is CS(=O)(=O)CCNCc1ccccn1. The highest BCUT2D eigenvalue weighted by Gasteiger charge is 2.00. The van der Waals surface area contributed by atoms with Gasteiger partial charge in [0.05, 0.1) is 11.4 Å². The van der Waals surface area contributed by atoms with Crippen molar-refractivity contribution in [3.63, 3.8) is 0 Å². The van der Waals surface area contributed by atoms with Gasteiger partial charge in [-0.3, -0.25) is 4.98 Å². The van der Waals surface area contributed by atoms with E-state index in [1.807, 2.05) is 18.2 Å². The molecule has 1 rings (SSSR count). The fourth-order valence-corrected chi connectivity index (χ4v) is 1.49. The first-order valence-corrected chi connectivity index (χ1v) is 6.42. The van der Waals surface area contributed by atoms with Crippen molar-refractivity contribution in [1.82, 2.24) is 10.3 Å². The van der Waals surface area contributed by atoms with Gasteiger partial charge in [-0.25, -0.2) is 8.42 Å². The molecule has 1 aromatic rings. The Morgan fingerprint density at radius 1 is 1.43 bits per heavy atom. The van der Waals surface area contributed by atoms with Gasteiger partial charge in [-0.05, 0) is 12.1 Å². The van der Waals surface area contributed by atoms with Gasteiger partial charge in [0, 0.05) is 25.5 Å². The van der Waals surface area contributed by atoms with Crippen LogP contribution in [0, 0.1) is 0 Å². The maximum atomic E-state index is 10.8. The lowest BCUT2D eigenvalue weighted by Gasteiger charge is -2.02. The second-order valence-electron chi connectivity index (χ2n) is 3.13. The molecular formula is C9H14N2O2S. The lowest BCUT2D eigenvalue weighted by molar-refractivity contribution is 0.596. The largest absolute Gasteiger partial charge is 0.310 e. The van der Waals surface area contributed by atoms with E-state index >= 15 is 0 Å². The Labute approximate surface area is 84.3 Å². The molecule has 0 aromatic carbocycles. The molecule has 14 heavy (non-hydrogen) atoms. The van der Waals surface area contributed by atoms with Crippen molar-refractivity contribution in [1.29, 1.82) is 0 Å². The van der Waals surface area contributed by atoms with Gasteiger partial charge < -0.3 is 5.32 Å². The summed E-state index contributed by atoms with van der Waals surface area (Å²) in [6, 6.07) is 5.65. The van der Waals surface area contributed by atoms with Crippen LogP contribution >= 0.6 is 0 Å². The van der Waals surface area contributed by atoms with Gasteiger partial charge in [0.2, 0.25) is 0 Å². The van der Waals surface area contributed by atoms with E-state index in [0.717, 1.165) is 5.69 Å². The van der Waals surface area contributed by atoms with Crippen LogP contribution < -0.4 is 5.32 Å². The van der Waals surface area contributed by atoms with Gasteiger partial charge in [-0.15, -0.1) is 0 Å². The molecule has 0 aliphatic carbocycles. The standard InChI is InChI=1S/C9H14N2O2S/c1-14(12,13)7-6-10-8-9-4-2-3-5-11-9/h2-5,10H,6-8H2,1H3. The van der Waals surface area contributed by atoms with Gasteiger partial charge in [0.25, 0.3) is 0 Å². The van der Waals surface area contributed by atoms with Crippen LogP contribution in [0.3, 0.4) is 0 Å². The van der Waals surface area contributed by atoms with Crippen molar-refractivity contribution in [3.05, 3.63) is 30.1 Å². The van der Waals surface area contributed by atoms with Gasteiger partial charge in [0.1, 0.15) is 9.84 Å². The lowest BCUT2D eigenvalue weighted by Crippen LogP contribution is -2.22. The van der Waals surface area contributed by atoms with E-state index in [4.69, 9.17) is 0 Å². The summed E-state index contributed by atoms with van der Waals surface area (Å²) in [5, 5.41) is 3.02.